The van der Waals surface area contributed by atoms with Crippen LogP contribution in [0.1, 0.15) is 5.56 Å². The van der Waals surface area contributed by atoms with Crippen molar-refractivity contribution in [1.82, 2.24) is 0 Å². The minimum absolute atomic E-state index is 0.842. The zero-order valence-electron chi connectivity index (χ0n) is 28.2. The average Bonchev–Trinajstić information content (AvgIpc) is 3.75. The Bertz CT molecular complexity index is 2910. The molecule has 1 aliphatic rings. The van der Waals surface area contributed by atoms with Crippen LogP contribution in [0.5, 0.6) is 0 Å². The minimum Gasteiger partial charge on any atom is -0.455 e. The van der Waals surface area contributed by atoms with E-state index in [9.17, 15) is 0 Å². The minimum atomic E-state index is 0.842. The number of anilines is 4. The van der Waals surface area contributed by atoms with Crippen LogP contribution in [0.25, 0.3) is 69.9 Å². The summed E-state index contributed by atoms with van der Waals surface area (Å²) in [6.07, 6.45) is 8.32. The Morgan fingerprint density at radius 3 is 2.33 bits per heavy atom. The average molecular weight is 685 g/mol. The number of para-hydroxylation sites is 1. The topological polar surface area (TPSA) is 28.4 Å². The third-order valence-electron chi connectivity index (χ3n) is 9.97. The summed E-state index contributed by atoms with van der Waals surface area (Å²) in [5.74, 6) is 0. The highest BCUT2D eigenvalue weighted by molar-refractivity contribution is 7.25. The first kappa shape index (κ1) is 30.2. The van der Waals surface area contributed by atoms with Gasteiger partial charge in [-0.2, -0.15) is 0 Å². The molecule has 0 fully saturated rings. The standard InChI is InChI=1S/C48H32N2OS/c1-31-12-9-10-27-50(36-22-26-46-41(30-36)38-18-6-8-20-45(38)52-46)43-24-23-39-40-29-34(21-25-44(40)51-48(39)47(31)43)33-15-11-16-35(28-33)49-42-19-7-5-17-37(42)32-13-3-2-4-14-32/h2-30,49H,1H2/b12-9-,27-10-. The normalized spacial score (nSPS) is 14.1. The van der Waals surface area contributed by atoms with Gasteiger partial charge in [0.05, 0.1) is 5.69 Å². The molecule has 0 saturated carbocycles. The molecule has 1 N–H and O–H groups in total. The van der Waals surface area contributed by atoms with Gasteiger partial charge < -0.3 is 14.6 Å². The van der Waals surface area contributed by atoms with E-state index in [2.05, 4.69) is 187 Å². The largest absolute Gasteiger partial charge is 0.455 e. The number of hydrogen-bond acceptors (Lipinski definition) is 4. The first-order chi connectivity index (χ1) is 25.7. The van der Waals surface area contributed by atoms with Gasteiger partial charge in [-0.3, -0.25) is 0 Å². The summed E-state index contributed by atoms with van der Waals surface area (Å²) in [5.41, 5.74) is 12.4. The van der Waals surface area contributed by atoms with E-state index in [1.54, 1.807) is 0 Å². The molecule has 9 aromatic rings. The van der Waals surface area contributed by atoms with Gasteiger partial charge in [-0.25, -0.2) is 0 Å². The summed E-state index contributed by atoms with van der Waals surface area (Å²) in [7, 11) is 0. The number of fused-ring (bicyclic) bond motifs is 8. The van der Waals surface area contributed by atoms with Gasteiger partial charge in [-0.05, 0) is 95.1 Å². The van der Waals surface area contributed by atoms with Crippen molar-refractivity contribution in [3.63, 3.8) is 0 Å². The van der Waals surface area contributed by atoms with Crippen LogP contribution in [-0.2, 0) is 0 Å². The summed E-state index contributed by atoms with van der Waals surface area (Å²) >= 11 is 1.83. The summed E-state index contributed by atoms with van der Waals surface area (Å²) in [6.45, 7) is 4.51. The van der Waals surface area contributed by atoms with Crippen molar-refractivity contribution < 1.29 is 4.42 Å². The van der Waals surface area contributed by atoms with Crippen molar-refractivity contribution in [2.75, 3.05) is 10.2 Å². The van der Waals surface area contributed by atoms with Crippen molar-refractivity contribution in [3.8, 4) is 22.3 Å². The zero-order valence-corrected chi connectivity index (χ0v) is 29.0. The molecule has 0 radical (unpaired) electrons. The Kier molecular flexibility index (Phi) is 7.15. The van der Waals surface area contributed by atoms with E-state index in [1.807, 2.05) is 17.4 Å². The SMILES string of the molecule is C=C1/C=C\C=C/N(c2ccc3sc4ccccc4c3c2)c2ccc3c(oc4ccc(-c5cccc(Nc6ccccc6-c6ccccc6)c5)cc43)c21. The molecule has 7 aromatic carbocycles. The van der Waals surface area contributed by atoms with Gasteiger partial charge in [0.15, 0.2) is 0 Å². The van der Waals surface area contributed by atoms with Gasteiger partial charge in [0.2, 0.25) is 0 Å². The number of furan rings is 1. The molecule has 0 unspecified atom stereocenters. The maximum atomic E-state index is 6.71. The maximum Gasteiger partial charge on any atom is 0.145 e. The molecule has 10 rings (SSSR count). The van der Waals surface area contributed by atoms with Gasteiger partial charge in [0.1, 0.15) is 11.2 Å². The van der Waals surface area contributed by atoms with E-state index in [0.29, 0.717) is 0 Å². The van der Waals surface area contributed by atoms with E-state index in [0.717, 1.165) is 67.0 Å². The van der Waals surface area contributed by atoms with E-state index in [1.165, 1.54) is 31.3 Å². The molecule has 0 bridgehead atoms. The predicted octanol–water partition coefficient (Wildman–Crippen LogP) is 14.3. The second-order valence-corrected chi connectivity index (χ2v) is 14.2. The molecule has 3 nitrogen and oxygen atoms in total. The molecule has 2 aromatic heterocycles. The van der Waals surface area contributed by atoms with Crippen LogP contribution in [0.4, 0.5) is 22.7 Å². The van der Waals surface area contributed by atoms with E-state index < -0.39 is 0 Å². The number of benzene rings is 7. The third-order valence-corrected chi connectivity index (χ3v) is 11.1. The van der Waals surface area contributed by atoms with Gasteiger partial charge >= 0.3 is 0 Å². The zero-order chi connectivity index (χ0) is 34.6. The van der Waals surface area contributed by atoms with Crippen molar-refractivity contribution in [3.05, 3.63) is 188 Å². The van der Waals surface area contributed by atoms with Crippen LogP contribution in [0.3, 0.4) is 0 Å². The second kappa shape index (κ2) is 12.3. The Hall–Kier alpha value is -6.62. The summed E-state index contributed by atoms with van der Waals surface area (Å²) < 4.78 is 9.29. The van der Waals surface area contributed by atoms with Crippen LogP contribution < -0.4 is 10.2 Å². The molecule has 0 spiro atoms. The van der Waals surface area contributed by atoms with Crippen molar-refractivity contribution in [2.45, 2.75) is 0 Å². The third kappa shape index (κ3) is 5.12. The lowest BCUT2D eigenvalue weighted by Gasteiger charge is -2.25. The van der Waals surface area contributed by atoms with Gasteiger partial charge in [-0.15, -0.1) is 11.3 Å². The predicted molar refractivity (Wildman–Crippen MR) is 223 cm³/mol. The van der Waals surface area contributed by atoms with Gasteiger partial charge in [0, 0.05) is 65.3 Å². The first-order valence-electron chi connectivity index (χ1n) is 17.4. The van der Waals surface area contributed by atoms with Gasteiger partial charge in [-0.1, -0.05) is 104 Å². The Balaban J connectivity index is 1.05. The molecule has 4 heteroatoms. The van der Waals surface area contributed by atoms with E-state index in [-0.39, 0.29) is 0 Å². The van der Waals surface area contributed by atoms with E-state index >= 15 is 0 Å². The highest BCUT2D eigenvalue weighted by Crippen LogP contribution is 2.45. The van der Waals surface area contributed by atoms with Crippen LogP contribution in [-0.4, -0.2) is 0 Å². The maximum absolute atomic E-state index is 6.71. The van der Waals surface area contributed by atoms with Crippen LogP contribution in [0.2, 0.25) is 0 Å². The van der Waals surface area contributed by atoms with Crippen LogP contribution in [0.15, 0.2) is 187 Å². The Labute approximate surface area is 305 Å². The number of nitrogens with zero attached hydrogens (tertiary/aromatic N) is 1. The monoisotopic (exact) mass is 684 g/mol. The summed E-state index contributed by atoms with van der Waals surface area (Å²) in [4.78, 5) is 2.25. The molecule has 3 heterocycles. The quantitative estimate of drug-likeness (QED) is 0.196. The highest BCUT2D eigenvalue weighted by Gasteiger charge is 2.22. The number of rotatable bonds is 5. The van der Waals surface area contributed by atoms with Crippen molar-refractivity contribution in [1.29, 1.82) is 0 Å². The number of hydrogen-bond donors (Lipinski definition) is 1. The lowest BCUT2D eigenvalue weighted by molar-refractivity contribution is 0.668. The second-order valence-electron chi connectivity index (χ2n) is 13.1. The lowest BCUT2D eigenvalue weighted by atomic mass is 9.97. The fourth-order valence-corrected chi connectivity index (χ4v) is 8.56. The van der Waals surface area contributed by atoms with Crippen molar-refractivity contribution in [2.24, 2.45) is 0 Å². The Morgan fingerprint density at radius 2 is 1.38 bits per heavy atom. The molecule has 0 amide bonds. The lowest BCUT2D eigenvalue weighted by Crippen LogP contribution is -2.11. The molecular weight excluding hydrogens is 653 g/mol. The number of allylic oxidation sites excluding steroid dienone is 4. The fraction of sp³-hybridized carbons (Fsp3) is 0. The first-order valence-corrected chi connectivity index (χ1v) is 18.3. The molecule has 246 valence electrons. The molecule has 0 atom stereocenters. The molecule has 0 saturated heterocycles. The molecule has 0 aliphatic carbocycles. The van der Waals surface area contributed by atoms with E-state index in [4.69, 9.17) is 4.42 Å². The molecular formula is C48H32N2OS. The van der Waals surface area contributed by atoms with Crippen molar-refractivity contribution >= 4 is 81.8 Å². The van der Waals surface area contributed by atoms with Gasteiger partial charge in [0.25, 0.3) is 0 Å². The summed E-state index contributed by atoms with van der Waals surface area (Å²) in [6, 6.07) is 53.8. The Morgan fingerprint density at radius 1 is 0.577 bits per heavy atom. The van der Waals surface area contributed by atoms with Crippen LogP contribution in [0, 0.1) is 0 Å². The fourth-order valence-electron chi connectivity index (χ4n) is 7.47. The number of nitrogens with one attached hydrogen (secondary N) is 1. The summed E-state index contributed by atoms with van der Waals surface area (Å²) in [5, 5.41) is 8.38. The highest BCUT2D eigenvalue weighted by atomic mass is 32.1. The molecule has 52 heavy (non-hydrogen) atoms. The molecule has 1 aliphatic heterocycles. The number of thiophene rings is 1. The van der Waals surface area contributed by atoms with Crippen LogP contribution >= 0.6 is 11.3 Å². The smallest absolute Gasteiger partial charge is 0.145 e.